The zero-order valence-corrected chi connectivity index (χ0v) is 14.6. The van der Waals surface area contributed by atoms with E-state index < -0.39 is 17.5 Å². The molecule has 1 heterocycles. The van der Waals surface area contributed by atoms with Crippen LogP contribution >= 0.6 is 0 Å². The highest BCUT2D eigenvalue weighted by molar-refractivity contribution is 6.09. The Morgan fingerprint density at radius 1 is 1.36 bits per heavy atom. The summed E-state index contributed by atoms with van der Waals surface area (Å²) in [6.07, 6.45) is 1.56. The number of carbonyl (C=O) groups is 3. The first-order valence-electron chi connectivity index (χ1n) is 8.29. The maximum absolute atomic E-state index is 12.8. The van der Waals surface area contributed by atoms with Crippen LogP contribution < -0.4 is 10.6 Å². The number of nitrogens with one attached hydrogen (secondary N) is 2. The smallest absolute Gasteiger partial charge is 0.325 e. The Bertz CT molecular complexity index is 736. The Hall–Kier alpha value is -2.88. The van der Waals surface area contributed by atoms with Crippen molar-refractivity contribution in [3.8, 4) is 6.07 Å². The summed E-state index contributed by atoms with van der Waals surface area (Å²) in [6.45, 7) is 5.17. The zero-order valence-electron chi connectivity index (χ0n) is 14.6. The van der Waals surface area contributed by atoms with Gasteiger partial charge in [0.15, 0.2) is 0 Å². The van der Waals surface area contributed by atoms with Gasteiger partial charge in [0.1, 0.15) is 12.1 Å². The number of amides is 4. The van der Waals surface area contributed by atoms with E-state index >= 15 is 0 Å². The lowest BCUT2D eigenvalue weighted by molar-refractivity contribution is -0.135. The maximum Gasteiger partial charge on any atom is 0.325 e. The van der Waals surface area contributed by atoms with E-state index in [1.54, 1.807) is 31.2 Å². The van der Waals surface area contributed by atoms with Gasteiger partial charge in [-0.25, -0.2) is 4.79 Å². The molecule has 25 heavy (non-hydrogen) atoms. The number of benzene rings is 1. The molecule has 1 aromatic carbocycles. The Balaban J connectivity index is 2.19. The highest BCUT2D eigenvalue weighted by Crippen LogP contribution is 2.29. The van der Waals surface area contributed by atoms with Crippen LogP contribution in [-0.4, -0.2) is 35.3 Å². The molecular weight excluding hydrogens is 320 g/mol. The van der Waals surface area contributed by atoms with Crippen LogP contribution in [0.5, 0.6) is 0 Å². The van der Waals surface area contributed by atoms with Crippen LogP contribution in [-0.2, 0) is 15.1 Å². The molecule has 1 atom stereocenters. The molecule has 7 heteroatoms. The van der Waals surface area contributed by atoms with E-state index in [0.29, 0.717) is 11.1 Å². The molecule has 0 bridgehead atoms. The van der Waals surface area contributed by atoms with Gasteiger partial charge in [-0.05, 0) is 37.5 Å². The SMILES string of the molecule is CCC(CC)NC(=O)CN1C(=O)NC(C)(c2cccc(C#N)c2)C1=O. The van der Waals surface area contributed by atoms with Crippen LogP contribution in [0, 0.1) is 11.3 Å². The molecule has 0 spiro atoms. The normalized spacial score (nSPS) is 19.7. The number of imide groups is 1. The van der Waals surface area contributed by atoms with E-state index in [-0.39, 0.29) is 18.5 Å². The summed E-state index contributed by atoms with van der Waals surface area (Å²) in [7, 11) is 0. The second-order valence-electron chi connectivity index (χ2n) is 6.22. The van der Waals surface area contributed by atoms with E-state index in [9.17, 15) is 14.4 Å². The fourth-order valence-corrected chi connectivity index (χ4v) is 2.85. The minimum absolute atomic E-state index is 0.0203. The monoisotopic (exact) mass is 342 g/mol. The predicted molar refractivity (Wildman–Crippen MR) is 91.3 cm³/mol. The average molecular weight is 342 g/mol. The molecule has 1 fully saturated rings. The summed E-state index contributed by atoms with van der Waals surface area (Å²) in [5, 5.41) is 14.5. The van der Waals surface area contributed by atoms with Crippen LogP contribution in [0.2, 0.25) is 0 Å². The minimum Gasteiger partial charge on any atom is -0.352 e. The molecule has 1 unspecified atom stereocenters. The van der Waals surface area contributed by atoms with Gasteiger partial charge in [-0.1, -0.05) is 26.0 Å². The number of nitriles is 1. The third-order valence-electron chi connectivity index (χ3n) is 4.50. The van der Waals surface area contributed by atoms with Gasteiger partial charge in [-0.15, -0.1) is 0 Å². The van der Waals surface area contributed by atoms with E-state index in [0.717, 1.165) is 17.7 Å². The van der Waals surface area contributed by atoms with Crippen molar-refractivity contribution in [2.24, 2.45) is 0 Å². The number of nitrogens with zero attached hydrogens (tertiary/aromatic N) is 2. The Morgan fingerprint density at radius 3 is 2.64 bits per heavy atom. The second-order valence-corrected chi connectivity index (χ2v) is 6.22. The molecule has 4 amide bonds. The van der Waals surface area contributed by atoms with Gasteiger partial charge >= 0.3 is 6.03 Å². The molecule has 1 aromatic rings. The minimum atomic E-state index is -1.29. The first-order chi connectivity index (χ1) is 11.8. The van der Waals surface area contributed by atoms with Gasteiger partial charge in [0.25, 0.3) is 5.91 Å². The number of rotatable bonds is 6. The fraction of sp³-hybridized carbons (Fsp3) is 0.444. The van der Waals surface area contributed by atoms with Crippen molar-refractivity contribution < 1.29 is 14.4 Å². The Kier molecular flexibility index (Phi) is 5.42. The summed E-state index contributed by atoms with van der Waals surface area (Å²) in [5.41, 5.74) is -0.391. The second kappa shape index (κ2) is 7.34. The van der Waals surface area contributed by atoms with Gasteiger partial charge < -0.3 is 10.6 Å². The molecule has 0 aromatic heterocycles. The lowest BCUT2D eigenvalue weighted by atomic mass is 9.91. The third-order valence-corrected chi connectivity index (χ3v) is 4.50. The fourth-order valence-electron chi connectivity index (χ4n) is 2.85. The number of urea groups is 1. The van der Waals surface area contributed by atoms with Crippen molar-refractivity contribution in [2.75, 3.05) is 6.54 Å². The predicted octanol–water partition coefficient (Wildman–Crippen LogP) is 1.63. The highest BCUT2D eigenvalue weighted by Gasteiger charge is 2.49. The van der Waals surface area contributed by atoms with Crippen molar-refractivity contribution in [3.63, 3.8) is 0 Å². The maximum atomic E-state index is 12.8. The molecule has 132 valence electrons. The number of hydrogen-bond donors (Lipinski definition) is 2. The first-order valence-corrected chi connectivity index (χ1v) is 8.29. The molecule has 0 radical (unpaired) electrons. The van der Waals surface area contributed by atoms with Gasteiger partial charge in [0, 0.05) is 6.04 Å². The summed E-state index contributed by atoms with van der Waals surface area (Å²) in [4.78, 5) is 38.1. The Morgan fingerprint density at radius 2 is 2.04 bits per heavy atom. The summed E-state index contributed by atoms with van der Waals surface area (Å²) < 4.78 is 0. The van der Waals surface area contributed by atoms with Gasteiger partial charge in [0.2, 0.25) is 5.91 Å². The quantitative estimate of drug-likeness (QED) is 0.767. The molecule has 1 saturated heterocycles. The first kappa shape index (κ1) is 18.5. The van der Waals surface area contributed by atoms with Gasteiger partial charge in [-0.3, -0.25) is 14.5 Å². The highest BCUT2D eigenvalue weighted by atomic mass is 16.2. The lowest BCUT2D eigenvalue weighted by Gasteiger charge is -2.22. The standard InChI is InChI=1S/C18H22N4O3/c1-4-14(5-2)20-15(23)11-22-16(24)18(3,21-17(22)25)13-8-6-7-12(9-13)10-19/h6-9,14H,4-5,11H2,1-3H3,(H,20,23)(H,21,25). The van der Waals surface area contributed by atoms with Crippen LogP contribution in [0.3, 0.4) is 0 Å². The van der Waals surface area contributed by atoms with Crippen molar-refractivity contribution in [1.82, 2.24) is 15.5 Å². The van der Waals surface area contributed by atoms with E-state index in [1.165, 1.54) is 0 Å². The number of carbonyl (C=O) groups excluding carboxylic acids is 3. The van der Waals surface area contributed by atoms with Crippen LogP contribution in [0.15, 0.2) is 24.3 Å². The molecule has 0 aliphatic carbocycles. The summed E-state index contributed by atoms with van der Waals surface area (Å²) in [6, 6.07) is 7.92. The van der Waals surface area contributed by atoms with Crippen molar-refractivity contribution in [1.29, 1.82) is 5.26 Å². The van der Waals surface area contributed by atoms with Gasteiger partial charge in [0.05, 0.1) is 11.6 Å². The van der Waals surface area contributed by atoms with Crippen LogP contribution in [0.25, 0.3) is 0 Å². The largest absolute Gasteiger partial charge is 0.352 e. The van der Waals surface area contributed by atoms with Crippen molar-refractivity contribution >= 4 is 17.8 Å². The van der Waals surface area contributed by atoms with Crippen LogP contribution in [0.4, 0.5) is 4.79 Å². The molecule has 0 saturated carbocycles. The topological polar surface area (TPSA) is 102 Å². The average Bonchev–Trinajstić information content (AvgIpc) is 2.83. The third kappa shape index (κ3) is 3.63. The van der Waals surface area contributed by atoms with Gasteiger partial charge in [-0.2, -0.15) is 5.26 Å². The molecule has 1 aliphatic heterocycles. The summed E-state index contributed by atoms with van der Waals surface area (Å²) in [5.74, 6) is -0.875. The summed E-state index contributed by atoms with van der Waals surface area (Å²) >= 11 is 0. The van der Waals surface area contributed by atoms with E-state index in [1.807, 2.05) is 19.9 Å². The van der Waals surface area contributed by atoms with E-state index in [4.69, 9.17) is 5.26 Å². The Labute approximate surface area is 147 Å². The molecule has 1 aliphatic rings. The molecule has 2 N–H and O–H groups in total. The van der Waals surface area contributed by atoms with Crippen molar-refractivity contribution in [2.45, 2.75) is 45.2 Å². The zero-order chi connectivity index (χ0) is 18.6. The number of hydrogen-bond acceptors (Lipinski definition) is 4. The van der Waals surface area contributed by atoms with Crippen molar-refractivity contribution in [3.05, 3.63) is 35.4 Å². The van der Waals surface area contributed by atoms with Crippen LogP contribution in [0.1, 0.15) is 44.7 Å². The lowest BCUT2D eigenvalue weighted by Crippen LogP contribution is -2.45. The molecule has 7 nitrogen and oxygen atoms in total. The molecular formula is C18H22N4O3. The molecule has 2 rings (SSSR count). The van der Waals surface area contributed by atoms with E-state index in [2.05, 4.69) is 10.6 Å².